The molecule has 8 heteroatoms. The third kappa shape index (κ3) is 9.56. The molecule has 0 aliphatic heterocycles. The minimum atomic E-state index is 0.243. The van der Waals surface area contributed by atoms with Crippen molar-refractivity contribution in [2.45, 2.75) is 41.5 Å². The van der Waals surface area contributed by atoms with Crippen molar-refractivity contribution in [2.24, 2.45) is 0 Å². The molecule has 0 atom stereocenters. The molecule has 0 aliphatic carbocycles. The standard InChI is InChI=1S/C66H54N8/c1-43-39-45(3)59(46(4)40-43)73(60-47(5)41-44(2)42-48(60)6)55-35-37-56(38-36-55)74(65-69-61(52-25-15-9-16-26-52)67-63(71-65)54-33-31-50(32-34-54)49-21-11-7-12-22-49)66-70-62(53-27-17-10-18-28-53)68-64(72-66)58-30-20-19-29-57(58)51-23-13-8-14-24-51/h7-42H,1-6H3/i39D,40D,41D,42D. The average molecular weight is 963 g/mol. The van der Waals surface area contributed by atoms with Gasteiger partial charge in [0.1, 0.15) is 0 Å². The molecule has 0 aliphatic rings. The number of nitrogens with zero attached hydrogens (tertiary/aromatic N) is 8. The Morgan fingerprint density at radius 3 is 1.04 bits per heavy atom. The molecule has 11 rings (SSSR count). The Hall–Kier alpha value is -9.40. The second-order valence-corrected chi connectivity index (χ2v) is 18.3. The van der Waals surface area contributed by atoms with E-state index in [-0.39, 0.29) is 36.1 Å². The van der Waals surface area contributed by atoms with Crippen molar-refractivity contribution >= 4 is 34.6 Å². The van der Waals surface area contributed by atoms with Gasteiger partial charge in [0.2, 0.25) is 11.9 Å². The molecule has 0 unspecified atom stereocenters. The SMILES string of the molecule is [2H]c1c(C)c([2H])c(C)c(N(c2ccc(N(c3nc(-c4ccccc4)nc(-c4ccc(-c5ccccc5)cc4)n3)c3nc(-c4ccccc4)nc(-c4ccccc4-c4ccccc4)n3)cc2)c2c(C)c([2H])c(C)c([2H])c2C)c1C. The lowest BCUT2D eigenvalue weighted by Gasteiger charge is -2.32. The van der Waals surface area contributed by atoms with E-state index in [4.69, 9.17) is 29.9 Å². The third-order valence-corrected chi connectivity index (χ3v) is 12.9. The van der Waals surface area contributed by atoms with Gasteiger partial charge in [-0.05, 0) is 110 Å². The first kappa shape index (κ1) is 42.3. The van der Waals surface area contributed by atoms with Crippen molar-refractivity contribution in [3.63, 3.8) is 0 Å². The van der Waals surface area contributed by atoms with Crippen molar-refractivity contribution in [1.82, 2.24) is 29.9 Å². The number of anilines is 6. The molecule has 8 nitrogen and oxygen atoms in total. The summed E-state index contributed by atoms with van der Waals surface area (Å²) in [5.74, 6) is 2.23. The number of rotatable bonds is 12. The van der Waals surface area contributed by atoms with Crippen molar-refractivity contribution < 1.29 is 5.48 Å². The smallest absolute Gasteiger partial charge is 0.241 e. The van der Waals surface area contributed by atoms with Gasteiger partial charge in [-0.2, -0.15) is 19.9 Å². The van der Waals surface area contributed by atoms with Crippen LogP contribution in [0.2, 0.25) is 0 Å². The molecule has 74 heavy (non-hydrogen) atoms. The van der Waals surface area contributed by atoms with Crippen molar-refractivity contribution in [3.8, 4) is 67.8 Å². The van der Waals surface area contributed by atoms with E-state index in [0.29, 0.717) is 79.4 Å². The molecule has 2 aromatic heterocycles. The minimum absolute atomic E-state index is 0.243. The maximum atomic E-state index is 9.21. The second kappa shape index (κ2) is 20.4. The van der Waals surface area contributed by atoms with Crippen molar-refractivity contribution in [1.29, 1.82) is 0 Å². The number of hydrogen-bond acceptors (Lipinski definition) is 8. The summed E-state index contributed by atoms with van der Waals surface area (Å²) in [6, 6.07) is 65.2. The molecule has 0 bridgehead atoms. The highest BCUT2D eigenvalue weighted by molar-refractivity contribution is 5.86. The molecule has 0 fully saturated rings. The first-order valence-corrected chi connectivity index (χ1v) is 24.6. The molecule has 2 heterocycles. The van der Waals surface area contributed by atoms with Crippen LogP contribution in [0.3, 0.4) is 0 Å². The molecule has 0 spiro atoms. The first-order valence-electron chi connectivity index (χ1n) is 26.6. The molecule has 0 N–H and O–H groups in total. The molecular weight excluding hydrogens is 905 g/mol. The van der Waals surface area contributed by atoms with Gasteiger partial charge in [0.15, 0.2) is 23.3 Å². The molecular formula is C66H54N8. The minimum Gasteiger partial charge on any atom is -0.309 e. The first-order chi connectivity index (χ1) is 37.9. The molecule has 358 valence electrons. The second-order valence-electron chi connectivity index (χ2n) is 18.3. The summed E-state index contributed by atoms with van der Waals surface area (Å²) in [6.07, 6.45) is 0. The zero-order valence-electron chi connectivity index (χ0n) is 46.1. The van der Waals surface area contributed by atoms with Gasteiger partial charge < -0.3 is 4.90 Å². The number of hydrogen-bond donors (Lipinski definition) is 0. The molecule has 0 saturated heterocycles. The van der Waals surface area contributed by atoms with Gasteiger partial charge >= 0.3 is 0 Å². The lowest BCUT2D eigenvalue weighted by atomic mass is 9.98. The Labute approximate surface area is 439 Å². The van der Waals surface area contributed by atoms with E-state index in [9.17, 15) is 5.48 Å². The Kier molecular flexibility index (Phi) is 11.6. The predicted octanol–water partition coefficient (Wildman–Crippen LogP) is 16.8. The Morgan fingerprint density at radius 2 is 0.595 bits per heavy atom. The normalized spacial score (nSPS) is 11.9. The molecule has 0 saturated carbocycles. The summed E-state index contributed by atoms with van der Waals surface area (Å²) < 4.78 is 36.8. The molecule has 9 aromatic carbocycles. The summed E-state index contributed by atoms with van der Waals surface area (Å²) in [5.41, 5.74) is 13.7. The van der Waals surface area contributed by atoms with Crippen LogP contribution in [0, 0.1) is 41.5 Å². The fraction of sp³-hybridized carbons (Fsp3) is 0.0909. The predicted molar refractivity (Wildman–Crippen MR) is 304 cm³/mol. The van der Waals surface area contributed by atoms with Crippen LogP contribution in [0.1, 0.15) is 38.9 Å². The summed E-state index contributed by atoms with van der Waals surface area (Å²) in [7, 11) is 0. The number of aromatic nitrogens is 6. The monoisotopic (exact) mass is 962 g/mol. The summed E-state index contributed by atoms with van der Waals surface area (Å²) in [5, 5.41) is 0. The van der Waals surface area contributed by atoms with E-state index >= 15 is 0 Å². The van der Waals surface area contributed by atoms with E-state index in [1.165, 1.54) is 0 Å². The maximum absolute atomic E-state index is 9.21. The number of benzene rings is 9. The Bertz CT molecular complexity index is 3890. The topological polar surface area (TPSA) is 83.8 Å². The zero-order chi connectivity index (χ0) is 54.2. The van der Waals surface area contributed by atoms with E-state index in [0.717, 1.165) is 44.5 Å². The third-order valence-electron chi connectivity index (χ3n) is 12.9. The summed E-state index contributed by atoms with van der Waals surface area (Å²) in [4.78, 5) is 35.5. The van der Waals surface area contributed by atoms with Gasteiger partial charge in [-0.1, -0.05) is 205 Å². The van der Waals surface area contributed by atoms with Gasteiger partial charge in [-0.3, -0.25) is 0 Å². The van der Waals surface area contributed by atoms with Crippen LogP contribution in [0.5, 0.6) is 0 Å². The summed E-state index contributed by atoms with van der Waals surface area (Å²) in [6.45, 7) is 11.2. The molecule has 11 aromatic rings. The van der Waals surface area contributed by atoms with Gasteiger partial charge in [0.05, 0.1) is 22.5 Å². The molecule has 0 amide bonds. The van der Waals surface area contributed by atoms with Crippen molar-refractivity contribution in [3.05, 3.63) is 252 Å². The van der Waals surface area contributed by atoms with Crippen LogP contribution in [0.15, 0.2) is 218 Å². The van der Waals surface area contributed by atoms with E-state index in [1.54, 1.807) is 13.8 Å². The van der Waals surface area contributed by atoms with Gasteiger partial charge in [-0.15, -0.1) is 0 Å². The fourth-order valence-corrected chi connectivity index (χ4v) is 9.70. The molecule has 0 radical (unpaired) electrons. The highest BCUT2D eigenvalue weighted by Gasteiger charge is 2.27. The van der Waals surface area contributed by atoms with Crippen LogP contribution in [0.25, 0.3) is 67.8 Å². The quantitative estimate of drug-likeness (QED) is 0.120. The zero-order valence-corrected chi connectivity index (χ0v) is 42.1. The maximum Gasteiger partial charge on any atom is 0.241 e. The van der Waals surface area contributed by atoms with Crippen LogP contribution in [-0.2, 0) is 0 Å². The highest BCUT2D eigenvalue weighted by atomic mass is 15.4. The van der Waals surface area contributed by atoms with E-state index in [1.807, 2.05) is 189 Å². The average Bonchev–Trinajstić information content (AvgIpc) is 3.70. The van der Waals surface area contributed by atoms with Crippen LogP contribution >= 0.6 is 0 Å². The van der Waals surface area contributed by atoms with Crippen LogP contribution in [-0.4, -0.2) is 29.9 Å². The fourth-order valence-electron chi connectivity index (χ4n) is 9.70. The lowest BCUT2D eigenvalue weighted by Crippen LogP contribution is -2.19. The van der Waals surface area contributed by atoms with Gasteiger partial charge in [0.25, 0.3) is 0 Å². The Balaban J connectivity index is 1.18. The summed E-state index contributed by atoms with van der Waals surface area (Å²) >= 11 is 0. The highest BCUT2D eigenvalue weighted by Crippen LogP contribution is 2.44. The van der Waals surface area contributed by atoms with E-state index < -0.39 is 0 Å². The van der Waals surface area contributed by atoms with Crippen LogP contribution < -0.4 is 9.80 Å². The van der Waals surface area contributed by atoms with Gasteiger partial charge in [0, 0.05) is 27.9 Å². The lowest BCUT2D eigenvalue weighted by molar-refractivity contribution is 0.964. The Morgan fingerprint density at radius 1 is 0.284 bits per heavy atom. The van der Waals surface area contributed by atoms with E-state index in [2.05, 4.69) is 42.5 Å². The van der Waals surface area contributed by atoms with Crippen LogP contribution in [0.4, 0.5) is 34.6 Å². The largest absolute Gasteiger partial charge is 0.309 e. The van der Waals surface area contributed by atoms with Gasteiger partial charge in [-0.25, -0.2) is 14.9 Å². The van der Waals surface area contributed by atoms with Crippen molar-refractivity contribution in [2.75, 3.05) is 9.80 Å².